The maximum absolute atomic E-state index is 13.7. The number of ether oxygens (including phenoxy) is 1. The minimum atomic E-state index is -0.487. The van der Waals surface area contributed by atoms with Crippen LogP contribution in [0.3, 0.4) is 0 Å². The van der Waals surface area contributed by atoms with Crippen molar-refractivity contribution in [2.75, 3.05) is 13.2 Å². The van der Waals surface area contributed by atoms with Gasteiger partial charge in [0.05, 0.1) is 28.9 Å². The minimum absolute atomic E-state index is 0.0281. The van der Waals surface area contributed by atoms with E-state index in [1.807, 2.05) is 6.07 Å². The Labute approximate surface area is 176 Å². The number of aromatic nitrogens is 5. The van der Waals surface area contributed by atoms with Crippen LogP contribution < -0.4 is 0 Å². The van der Waals surface area contributed by atoms with Crippen molar-refractivity contribution in [3.63, 3.8) is 0 Å². The number of hydrogen-bond donors (Lipinski definition) is 0. The number of hydrogen-bond acceptors (Lipinski definition) is 5. The molecule has 7 nitrogen and oxygen atoms in total. The summed E-state index contributed by atoms with van der Waals surface area (Å²) in [5.74, 6) is -0.487. The van der Waals surface area contributed by atoms with Crippen LogP contribution in [-0.2, 0) is 4.74 Å². The largest absolute Gasteiger partial charge is 0.381 e. The van der Waals surface area contributed by atoms with Crippen molar-refractivity contribution in [1.82, 2.24) is 24.1 Å². The molecule has 0 spiro atoms. The number of carbonyl (C=O) groups excluding carboxylic acids is 1. The maximum Gasteiger partial charge on any atom is 0.170 e. The Kier molecular flexibility index (Phi) is 4.80. The van der Waals surface area contributed by atoms with Crippen LogP contribution >= 0.6 is 11.6 Å². The summed E-state index contributed by atoms with van der Waals surface area (Å²) >= 11 is 6.03. The van der Waals surface area contributed by atoms with E-state index in [9.17, 15) is 9.18 Å². The predicted molar refractivity (Wildman–Crippen MR) is 109 cm³/mol. The lowest BCUT2D eigenvalue weighted by Crippen LogP contribution is -2.20. The fraction of sp³-hybridized carbons (Fsp3) is 0.238. The molecule has 0 aliphatic carbocycles. The normalized spacial score (nSPS) is 15.0. The Bertz CT molecular complexity index is 1250. The van der Waals surface area contributed by atoms with Gasteiger partial charge in [-0.05, 0) is 43.2 Å². The molecule has 1 aliphatic rings. The first-order chi connectivity index (χ1) is 14.7. The summed E-state index contributed by atoms with van der Waals surface area (Å²) in [5, 5.41) is 4.68. The molecule has 5 rings (SSSR count). The van der Waals surface area contributed by atoms with E-state index in [2.05, 4.69) is 19.6 Å². The number of rotatable bonds is 4. The zero-order chi connectivity index (χ0) is 20.7. The zero-order valence-corrected chi connectivity index (χ0v) is 16.6. The van der Waals surface area contributed by atoms with Crippen molar-refractivity contribution in [2.24, 2.45) is 0 Å². The Morgan fingerprint density at radius 2 is 2.00 bits per heavy atom. The lowest BCUT2D eigenvalue weighted by Gasteiger charge is -2.25. The van der Waals surface area contributed by atoms with Crippen LogP contribution in [0.4, 0.5) is 4.39 Å². The molecular formula is C21H17ClFN5O2. The molecule has 0 radical (unpaired) electrons. The predicted octanol–water partition coefficient (Wildman–Crippen LogP) is 4.22. The number of imidazole rings is 2. The highest BCUT2D eigenvalue weighted by Crippen LogP contribution is 2.36. The summed E-state index contributed by atoms with van der Waals surface area (Å²) in [5.41, 5.74) is 3.66. The highest BCUT2D eigenvalue weighted by molar-refractivity contribution is 6.31. The van der Waals surface area contributed by atoms with Crippen molar-refractivity contribution in [3.8, 4) is 22.6 Å². The van der Waals surface area contributed by atoms with E-state index in [0.717, 1.165) is 18.5 Å². The first kappa shape index (κ1) is 18.9. The van der Waals surface area contributed by atoms with E-state index in [1.54, 1.807) is 24.5 Å². The highest BCUT2D eigenvalue weighted by Gasteiger charge is 2.24. The number of aldehydes is 1. The molecule has 3 aromatic heterocycles. The molecule has 0 unspecified atom stereocenters. The topological polar surface area (TPSA) is 74.3 Å². The van der Waals surface area contributed by atoms with Gasteiger partial charge < -0.3 is 9.30 Å². The maximum atomic E-state index is 13.7. The summed E-state index contributed by atoms with van der Waals surface area (Å²) in [6.45, 7) is 1.34. The molecule has 0 bridgehead atoms. The van der Waals surface area contributed by atoms with Crippen LogP contribution in [-0.4, -0.2) is 43.6 Å². The summed E-state index contributed by atoms with van der Waals surface area (Å²) in [7, 11) is 0. The second kappa shape index (κ2) is 7.62. The van der Waals surface area contributed by atoms with E-state index in [1.165, 1.54) is 16.8 Å². The van der Waals surface area contributed by atoms with Crippen LogP contribution in [0, 0.1) is 5.82 Å². The van der Waals surface area contributed by atoms with Gasteiger partial charge in [0.2, 0.25) is 0 Å². The lowest BCUT2D eigenvalue weighted by molar-refractivity contribution is 0.0699. The van der Waals surface area contributed by atoms with Crippen LogP contribution in [0.5, 0.6) is 0 Å². The third-order valence-corrected chi connectivity index (χ3v) is 5.61. The van der Waals surface area contributed by atoms with Crippen LogP contribution in [0.25, 0.3) is 28.3 Å². The molecule has 0 saturated carbocycles. The first-order valence-corrected chi connectivity index (χ1v) is 9.94. The van der Waals surface area contributed by atoms with Gasteiger partial charge in [0.25, 0.3) is 0 Å². The second-order valence-electron chi connectivity index (χ2n) is 7.11. The minimum Gasteiger partial charge on any atom is -0.381 e. The number of benzene rings is 1. The van der Waals surface area contributed by atoms with E-state index in [4.69, 9.17) is 16.3 Å². The van der Waals surface area contributed by atoms with Crippen LogP contribution in [0.2, 0.25) is 5.02 Å². The van der Waals surface area contributed by atoms with Crippen molar-refractivity contribution < 1.29 is 13.9 Å². The van der Waals surface area contributed by atoms with E-state index >= 15 is 0 Å². The van der Waals surface area contributed by atoms with Gasteiger partial charge in [-0.2, -0.15) is 5.10 Å². The average molecular weight is 426 g/mol. The Balaban J connectivity index is 1.72. The third kappa shape index (κ3) is 3.18. The van der Waals surface area contributed by atoms with Gasteiger partial charge >= 0.3 is 0 Å². The molecule has 152 valence electrons. The van der Waals surface area contributed by atoms with Crippen molar-refractivity contribution >= 4 is 23.5 Å². The first-order valence-electron chi connectivity index (χ1n) is 9.56. The monoisotopic (exact) mass is 425 g/mol. The fourth-order valence-corrected chi connectivity index (χ4v) is 3.99. The van der Waals surface area contributed by atoms with Gasteiger partial charge in [-0.1, -0.05) is 11.6 Å². The van der Waals surface area contributed by atoms with E-state index in [0.29, 0.717) is 47.8 Å². The molecule has 0 N–H and O–H groups in total. The summed E-state index contributed by atoms with van der Waals surface area (Å²) in [6.07, 6.45) is 5.67. The Morgan fingerprint density at radius 1 is 1.17 bits per heavy atom. The van der Waals surface area contributed by atoms with Gasteiger partial charge in [0.1, 0.15) is 17.2 Å². The number of fused-ring (bicyclic) bond motifs is 1. The van der Waals surface area contributed by atoms with Gasteiger partial charge in [-0.25, -0.2) is 18.9 Å². The van der Waals surface area contributed by atoms with Gasteiger partial charge in [0, 0.05) is 24.8 Å². The fourth-order valence-electron chi connectivity index (χ4n) is 3.81. The zero-order valence-electron chi connectivity index (χ0n) is 15.8. The second-order valence-corrected chi connectivity index (χ2v) is 7.52. The van der Waals surface area contributed by atoms with Crippen molar-refractivity contribution in [3.05, 3.63) is 59.4 Å². The molecule has 1 saturated heterocycles. The average Bonchev–Trinajstić information content (AvgIpc) is 3.40. The molecule has 4 aromatic rings. The summed E-state index contributed by atoms with van der Waals surface area (Å²) in [4.78, 5) is 20.2. The summed E-state index contributed by atoms with van der Waals surface area (Å²) in [6, 6.07) is 8.37. The molecular weight excluding hydrogens is 409 g/mol. The number of carbonyl (C=O) groups is 1. The smallest absolute Gasteiger partial charge is 0.170 e. The molecule has 1 aromatic carbocycles. The molecule has 0 amide bonds. The quantitative estimate of drug-likeness (QED) is 0.458. The lowest BCUT2D eigenvalue weighted by atomic mass is 10.1. The molecule has 9 heteroatoms. The summed E-state index contributed by atoms with van der Waals surface area (Å²) < 4.78 is 22.8. The Morgan fingerprint density at radius 3 is 2.77 bits per heavy atom. The number of nitrogens with zero attached hydrogens (tertiary/aromatic N) is 5. The molecule has 4 heterocycles. The third-order valence-electron chi connectivity index (χ3n) is 5.32. The molecule has 30 heavy (non-hydrogen) atoms. The van der Waals surface area contributed by atoms with Crippen molar-refractivity contribution in [2.45, 2.75) is 18.9 Å². The van der Waals surface area contributed by atoms with Gasteiger partial charge in [-0.15, -0.1) is 0 Å². The molecule has 0 atom stereocenters. The Hall–Kier alpha value is -3.10. The van der Waals surface area contributed by atoms with Crippen LogP contribution in [0.1, 0.15) is 29.4 Å². The van der Waals surface area contributed by atoms with Crippen LogP contribution in [0.15, 0.2) is 42.9 Å². The number of halogens is 2. The molecule has 1 aliphatic heterocycles. The highest BCUT2D eigenvalue weighted by atomic mass is 35.5. The van der Waals surface area contributed by atoms with Gasteiger partial charge in [-0.3, -0.25) is 4.79 Å². The van der Waals surface area contributed by atoms with Gasteiger partial charge in [0.15, 0.2) is 11.9 Å². The van der Waals surface area contributed by atoms with E-state index < -0.39 is 5.82 Å². The van der Waals surface area contributed by atoms with Crippen molar-refractivity contribution in [1.29, 1.82) is 0 Å². The SMILES string of the molecule is O=Cc1cnc2ccc(-c3c(-c4ccc(F)c(Cl)c4)ncn3C3CCOCC3)nn12. The standard InChI is InChI=1S/C21H17ClFN5O2/c22-16-9-13(1-2-17(16)23)20-21(27(12-25-20)14-5-7-30-8-6-14)18-3-4-19-24-10-15(11-29)28(19)26-18/h1-4,9-12,14H,5-8H2. The molecule has 1 fully saturated rings. The van der Waals surface area contributed by atoms with E-state index in [-0.39, 0.29) is 11.1 Å².